The molecule has 4 nitrogen and oxygen atoms in total. The monoisotopic (exact) mass is 389 g/mol. The first-order chi connectivity index (χ1) is 9.88. The first kappa shape index (κ1) is 19.4. The van der Waals surface area contributed by atoms with E-state index in [9.17, 15) is 4.79 Å². The summed E-state index contributed by atoms with van der Waals surface area (Å²) in [6.45, 7) is 7.12. The van der Waals surface area contributed by atoms with E-state index in [1.165, 1.54) is 0 Å². The van der Waals surface area contributed by atoms with Crippen molar-refractivity contribution >= 4 is 39.9 Å². The lowest BCUT2D eigenvalue weighted by Gasteiger charge is -2.42. The van der Waals surface area contributed by atoms with Gasteiger partial charge in [-0.1, -0.05) is 26.0 Å². The fraction of sp³-hybridized carbons (Fsp3) is 0.562. The van der Waals surface area contributed by atoms with Gasteiger partial charge in [-0.2, -0.15) is 0 Å². The number of hydrogen-bond acceptors (Lipinski definition) is 3. The summed E-state index contributed by atoms with van der Waals surface area (Å²) < 4.78 is 0.906. The van der Waals surface area contributed by atoms with Crippen molar-refractivity contribution in [1.82, 2.24) is 4.90 Å². The van der Waals surface area contributed by atoms with E-state index in [2.05, 4.69) is 40.0 Å². The molecule has 0 spiro atoms. The van der Waals surface area contributed by atoms with Crippen LogP contribution in [-0.2, 0) is 4.79 Å². The molecule has 1 atom stereocenters. The molecule has 1 heterocycles. The smallest absolute Gasteiger partial charge is 0.225 e. The molecule has 1 unspecified atom stereocenters. The Morgan fingerprint density at radius 2 is 2.14 bits per heavy atom. The zero-order chi connectivity index (χ0) is 15.5. The number of amides is 1. The third kappa shape index (κ3) is 5.23. The molecule has 3 N–H and O–H groups in total. The number of benzene rings is 1. The molecule has 22 heavy (non-hydrogen) atoms. The quantitative estimate of drug-likeness (QED) is 0.829. The van der Waals surface area contributed by atoms with Crippen LogP contribution in [-0.4, -0.2) is 36.5 Å². The molecule has 0 aromatic heterocycles. The average Bonchev–Trinajstić information content (AvgIpc) is 2.42. The molecule has 124 valence electrons. The van der Waals surface area contributed by atoms with Crippen LogP contribution < -0.4 is 11.1 Å². The molecule has 0 aliphatic carbocycles. The predicted molar refractivity (Wildman–Crippen MR) is 97.5 cm³/mol. The van der Waals surface area contributed by atoms with E-state index >= 15 is 0 Å². The average molecular weight is 391 g/mol. The lowest BCUT2D eigenvalue weighted by molar-refractivity contribution is -0.116. The molecule has 1 fully saturated rings. The maximum atomic E-state index is 12.0. The molecule has 1 saturated heterocycles. The van der Waals surface area contributed by atoms with Gasteiger partial charge >= 0.3 is 0 Å². The van der Waals surface area contributed by atoms with E-state index < -0.39 is 0 Å². The van der Waals surface area contributed by atoms with Gasteiger partial charge in [0, 0.05) is 30.0 Å². The first-order valence-electron chi connectivity index (χ1n) is 7.41. The number of rotatable bonds is 4. The Morgan fingerprint density at radius 3 is 2.77 bits per heavy atom. The number of piperidine rings is 1. The summed E-state index contributed by atoms with van der Waals surface area (Å²) in [5, 5.41) is 2.94. The maximum absolute atomic E-state index is 12.0. The van der Waals surface area contributed by atoms with Gasteiger partial charge in [0.25, 0.3) is 0 Å². The number of anilines is 1. The lowest BCUT2D eigenvalue weighted by atomic mass is 9.80. The SMILES string of the molecule is CC1(C)CN(CCC(=O)Nc2ccccc2Br)CCC1N.Cl. The van der Waals surface area contributed by atoms with E-state index in [1.807, 2.05) is 24.3 Å². The Bertz CT molecular complexity index is 510. The highest BCUT2D eigenvalue weighted by molar-refractivity contribution is 9.10. The summed E-state index contributed by atoms with van der Waals surface area (Å²) in [5.41, 5.74) is 7.08. The summed E-state index contributed by atoms with van der Waals surface area (Å²) in [5.74, 6) is 0.0505. The van der Waals surface area contributed by atoms with Crippen molar-refractivity contribution < 1.29 is 4.79 Å². The number of para-hydroxylation sites is 1. The number of likely N-dealkylation sites (tertiary alicyclic amines) is 1. The molecule has 1 aliphatic rings. The van der Waals surface area contributed by atoms with Crippen molar-refractivity contribution in [3.8, 4) is 0 Å². The zero-order valence-electron chi connectivity index (χ0n) is 13.1. The minimum Gasteiger partial charge on any atom is -0.327 e. The van der Waals surface area contributed by atoms with Crippen LogP contribution in [0.15, 0.2) is 28.7 Å². The second-order valence-corrected chi connectivity index (χ2v) is 7.29. The van der Waals surface area contributed by atoms with Crippen molar-refractivity contribution in [2.75, 3.05) is 25.0 Å². The lowest BCUT2D eigenvalue weighted by Crippen LogP contribution is -2.52. The minimum absolute atomic E-state index is 0. The van der Waals surface area contributed by atoms with Crippen molar-refractivity contribution in [3.63, 3.8) is 0 Å². The Balaban J connectivity index is 0.00000242. The molecule has 6 heteroatoms. The van der Waals surface area contributed by atoms with Crippen molar-refractivity contribution in [2.45, 2.75) is 32.7 Å². The summed E-state index contributed by atoms with van der Waals surface area (Å²) in [6, 6.07) is 7.91. The predicted octanol–water partition coefficient (Wildman–Crippen LogP) is 3.26. The largest absolute Gasteiger partial charge is 0.327 e. The van der Waals surface area contributed by atoms with Crippen LogP contribution in [0.25, 0.3) is 0 Å². The molecule has 1 aromatic rings. The number of halogens is 2. The topological polar surface area (TPSA) is 58.4 Å². The standard InChI is InChI=1S/C16H24BrN3O.ClH/c1-16(2)11-20(9-7-14(16)18)10-8-15(21)19-13-6-4-3-5-12(13)17;/h3-6,14H,7-11,18H2,1-2H3,(H,19,21);1H. The molecule has 0 radical (unpaired) electrons. The highest BCUT2D eigenvalue weighted by Gasteiger charge is 2.33. The van der Waals surface area contributed by atoms with Crippen LogP contribution in [0.1, 0.15) is 26.7 Å². The normalized spacial score (nSPS) is 21.0. The Labute approximate surface area is 147 Å². The molecular formula is C16H25BrClN3O. The Hall–Kier alpha value is -0.620. The minimum atomic E-state index is 0. The number of nitrogens with one attached hydrogen (secondary N) is 1. The molecule has 1 aliphatic heterocycles. The Morgan fingerprint density at radius 1 is 1.45 bits per heavy atom. The number of nitrogens with zero attached hydrogens (tertiary/aromatic N) is 1. The van der Waals surface area contributed by atoms with Crippen LogP contribution >= 0.6 is 28.3 Å². The van der Waals surface area contributed by atoms with Crippen molar-refractivity contribution in [3.05, 3.63) is 28.7 Å². The number of carbonyl (C=O) groups excluding carboxylic acids is 1. The fourth-order valence-corrected chi connectivity index (χ4v) is 3.09. The maximum Gasteiger partial charge on any atom is 0.225 e. The van der Waals surface area contributed by atoms with Crippen LogP contribution in [0.3, 0.4) is 0 Å². The highest BCUT2D eigenvalue weighted by atomic mass is 79.9. The molecule has 1 aromatic carbocycles. The van der Waals surface area contributed by atoms with Crippen LogP contribution in [0.4, 0.5) is 5.69 Å². The van der Waals surface area contributed by atoms with E-state index in [4.69, 9.17) is 5.73 Å². The molecular weight excluding hydrogens is 366 g/mol. The summed E-state index contributed by atoms with van der Waals surface area (Å²) in [4.78, 5) is 14.4. The fourth-order valence-electron chi connectivity index (χ4n) is 2.71. The van der Waals surface area contributed by atoms with Crippen molar-refractivity contribution in [1.29, 1.82) is 0 Å². The van der Waals surface area contributed by atoms with Gasteiger partial charge in [-0.3, -0.25) is 4.79 Å². The summed E-state index contributed by atoms with van der Waals surface area (Å²) >= 11 is 3.43. The van der Waals surface area contributed by atoms with Gasteiger partial charge in [0.15, 0.2) is 0 Å². The van der Waals surface area contributed by atoms with Crippen molar-refractivity contribution in [2.24, 2.45) is 11.1 Å². The van der Waals surface area contributed by atoms with E-state index in [-0.39, 0.29) is 29.8 Å². The zero-order valence-corrected chi connectivity index (χ0v) is 15.5. The number of hydrogen-bond donors (Lipinski definition) is 2. The molecule has 2 rings (SSSR count). The second-order valence-electron chi connectivity index (χ2n) is 6.44. The van der Waals surface area contributed by atoms with E-state index in [0.29, 0.717) is 6.42 Å². The van der Waals surface area contributed by atoms with Gasteiger partial charge in [-0.05, 0) is 46.4 Å². The first-order valence-corrected chi connectivity index (χ1v) is 8.20. The van der Waals surface area contributed by atoms with Gasteiger partial charge in [-0.15, -0.1) is 12.4 Å². The van der Waals surface area contributed by atoms with Gasteiger partial charge in [0.2, 0.25) is 5.91 Å². The van der Waals surface area contributed by atoms with Crippen LogP contribution in [0, 0.1) is 5.41 Å². The van der Waals surface area contributed by atoms with Crippen LogP contribution in [0.5, 0.6) is 0 Å². The molecule has 0 saturated carbocycles. The number of carbonyl (C=O) groups is 1. The summed E-state index contributed by atoms with van der Waals surface area (Å²) in [7, 11) is 0. The van der Waals surface area contributed by atoms with Gasteiger partial charge in [-0.25, -0.2) is 0 Å². The molecule has 1 amide bonds. The second kappa shape index (κ2) is 8.29. The third-order valence-electron chi connectivity index (χ3n) is 4.19. The number of nitrogens with two attached hydrogens (primary N) is 1. The van der Waals surface area contributed by atoms with E-state index in [1.54, 1.807) is 0 Å². The Kier molecular flexibility index (Phi) is 7.32. The van der Waals surface area contributed by atoms with Gasteiger partial charge < -0.3 is 16.0 Å². The molecule has 0 bridgehead atoms. The summed E-state index contributed by atoms with van der Waals surface area (Å²) in [6.07, 6.45) is 1.51. The van der Waals surface area contributed by atoms with Gasteiger partial charge in [0.05, 0.1) is 5.69 Å². The highest BCUT2D eigenvalue weighted by Crippen LogP contribution is 2.27. The van der Waals surface area contributed by atoms with Crippen LogP contribution in [0.2, 0.25) is 0 Å². The van der Waals surface area contributed by atoms with Gasteiger partial charge in [0.1, 0.15) is 0 Å². The van der Waals surface area contributed by atoms with E-state index in [0.717, 1.165) is 36.2 Å². The third-order valence-corrected chi connectivity index (χ3v) is 4.89.